The van der Waals surface area contributed by atoms with E-state index in [-0.39, 0.29) is 17.9 Å². The molecule has 1 saturated carbocycles. The van der Waals surface area contributed by atoms with E-state index in [1.54, 1.807) is 0 Å². The zero-order valence-electron chi connectivity index (χ0n) is 13.4. The average molecular weight is 324 g/mol. The van der Waals surface area contributed by atoms with Crippen molar-refractivity contribution in [1.82, 2.24) is 10.3 Å². The molecular weight excluding hydrogens is 304 g/mol. The number of amides is 1. The molecule has 2 N–H and O–H groups in total. The van der Waals surface area contributed by atoms with Crippen molar-refractivity contribution in [2.75, 3.05) is 0 Å². The van der Waals surface area contributed by atoms with Gasteiger partial charge in [-0.3, -0.25) is 14.6 Å². The van der Waals surface area contributed by atoms with E-state index >= 15 is 0 Å². The number of carboxylic acid groups (broad SMARTS) is 1. The van der Waals surface area contributed by atoms with Crippen LogP contribution in [-0.2, 0) is 17.6 Å². The van der Waals surface area contributed by atoms with Crippen molar-refractivity contribution in [2.45, 2.75) is 44.6 Å². The van der Waals surface area contributed by atoms with Crippen LogP contribution in [-0.4, -0.2) is 28.0 Å². The van der Waals surface area contributed by atoms with Gasteiger partial charge in [0, 0.05) is 17.1 Å². The molecule has 0 bridgehead atoms. The Morgan fingerprint density at radius 2 is 2.00 bits per heavy atom. The summed E-state index contributed by atoms with van der Waals surface area (Å²) >= 11 is 0. The summed E-state index contributed by atoms with van der Waals surface area (Å²) in [5.74, 6) is -1.18. The number of aryl methyl sites for hydroxylation is 1. The smallest absolute Gasteiger partial charge is 0.306 e. The first kappa shape index (κ1) is 15.1. The fraction of sp³-hybridized carbons (Fsp3) is 0.421. The molecule has 0 saturated heterocycles. The van der Waals surface area contributed by atoms with Gasteiger partial charge in [0.1, 0.15) is 0 Å². The maximum atomic E-state index is 13.0. The van der Waals surface area contributed by atoms with E-state index in [0.29, 0.717) is 12.8 Å². The number of nitrogens with one attached hydrogen (secondary N) is 1. The predicted octanol–water partition coefficient (Wildman–Crippen LogP) is 2.71. The number of carboxylic acids is 1. The lowest BCUT2D eigenvalue weighted by atomic mass is 10.00. The Balaban J connectivity index is 1.66. The summed E-state index contributed by atoms with van der Waals surface area (Å²) in [4.78, 5) is 28.8. The zero-order valence-corrected chi connectivity index (χ0v) is 13.4. The molecular formula is C19H20N2O3. The van der Waals surface area contributed by atoms with E-state index in [1.807, 2.05) is 24.3 Å². The minimum Gasteiger partial charge on any atom is -0.481 e. The van der Waals surface area contributed by atoms with Crippen LogP contribution >= 0.6 is 0 Å². The van der Waals surface area contributed by atoms with Crippen LogP contribution in [0.4, 0.5) is 0 Å². The topological polar surface area (TPSA) is 79.3 Å². The monoisotopic (exact) mass is 324 g/mol. The number of benzene rings is 1. The van der Waals surface area contributed by atoms with Gasteiger partial charge in [-0.1, -0.05) is 18.2 Å². The molecule has 2 aromatic rings. The zero-order chi connectivity index (χ0) is 16.7. The number of nitrogens with zero attached hydrogens (tertiary/aromatic N) is 1. The molecule has 4 rings (SSSR count). The number of aliphatic carboxylic acids is 1. The number of carbonyl (C=O) groups excluding carboxylic acids is 1. The molecule has 0 radical (unpaired) electrons. The highest BCUT2D eigenvalue weighted by molar-refractivity contribution is 6.08. The summed E-state index contributed by atoms with van der Waals surface area (Å²) in [7, 11) is 0. The number of para-hydroxylation sites is 1. The molecule has 2 atom stereocenters. The van der Waals surface area contributed by atoms with Gasteiger partial charge < -0.3 is 10.4 Å². The summed E-state index contributed by atoms with van der Waals surface area (Å²) in [5, 5.41) is 13.1. The highest BCUT2D eigenvalue weighted by atomic mass is 16.4. The Hall–Kier alpha value is -2.43. The number of pyridine rings is 1. The van der Waals surface area contributed by atoms with E-state index in [2.05, 4.69) is 5.32 Å². The molecule has 1 heterocycles. The van der Waals surface area contributed by atoms with Crippen molar-refractivity contribution in [1.29, 1.82) is 0 Å². The van der Waals surface area contributed by atoms with Gasteiger partial charge in [0.25, 0.3) is 5.91 Å². The normalized spacial score (nSPS) is 22.5. The van der Waals surface area contributed by atoms with Crippen molar-refractivity contribution in [3.8, 4) is 0 Å². The molecule has 5 heteroatoms. The lowest BCUT2D eigenvalue weighted by molar-refractivity contribution is -0.141. The Morgan fingerprint density at radius 3 is 2.79 bits per heavy atom. The molecule has 1 aromatic heterocycles. The molecule has 2 aliphatic carbocycles. The summed E-state index contributed by atoms with van der Waals surface area (Å²) in [6.07, 6.45) is 4.72. The lowest BCUT2D eigenvalue weighted by Gasteiger charge is -2.16. The number of aromatic nitrogens is 1. The van der Waals surface area contributed by atoms with Gasteiger partial charge in [-0.25, -0.2) is 0 Å². The highest BCUT2D eigenvalue weighted by Gasteiger charge is 2.32. The third-order valence-corrected chi connectivity index (χ3v) is 5.26. The van der Waals surface area contributed by atoms with Crippen molar-refractivity contribution < 1.29 is 14.7 Å². The van der Waals surface area contributed by atoms with E-state index in [9.17, 15) is 9.59 Å². The van der Waals surface area contributed by atoms with Gasteiger partial charge in [0.15, 0.2) is 0 Å². The van der Waals surface area contributed by atoms with Crippen LogP contribution in [0.2, 0.25) is 0 Å². The molecule has 1 fully saturated rings. The molecule has 2 aliphatic rings. The molecule has 0 spiro atoms. The van der Waals surface area contributed by atoms with Crippen LogP contribution < -0.4 is 5.32 Å². The third kappa shape index (κ3) is 2.54. The minimum atomic E-state index is -0.762. The molecule has 1 aromatic carbocycles. The van der Waals surface area contributed by atoms with Crippen LogP contribution in [0, 0.1) is 5.92 Å². The summed E-state index contributed by atoms with van der Waals surface area (Å²) in [6.45, 7) is 0. The Bertz CT molecular complexity index is 831. The molecule has 24 heavy (non-hydrogen) atoms. The third-order valence-electron chi connectivity index (χ3n) is 5.26. The predicted molar refractivity (Wildman–Crippen MR) is 90.0 cm³/mol. The largest absolute Gasteiger partial charge is 0.481 e. The Kier molecular flexibility index (Phi) is 3.71. The van der Waals surface area contributed by atoms with E-state index in [0.717, 1.165) is 53.4 Å². The van der Waals surface area contributed by atoms with Crippen LogP contribution in [0.15, 0.2) is 24.3 Å². The standard InChI is InChI=1S/C19H20N2O3/c22-18(20-12-9-8-11(10-12)19(23)24)17-13-4-1-2-6-15(13)21-16-7-3-5-14(16)17/h1-2,4,6,11-12H,3,5,7-10H2,(H,20,22)(H,23,24)/t11-,12+/m1/s1. The van der Waals surface area contributed by atoms with E-state index < -0.39 is 5.97 Å². The Morgan fingerprint density at radius 1 is 1.17 bits per heavy atom. The molecule has 124 valence electrons. The average Bonchev–Trinajstić information content (AvgIpc) is 3.21. The van der Waals surface area contributed by atoms with Crippen molar-refractivity contribution >= 4 is 22.8 Å². The van der Waals surface area contributed by atoms with Crippen LogP contribution in [0.25, 0.3) is 10.9 Å². The van der Waals surface area contributed by atoms with Gasteiger partial charge >= 0.3 is 5.97 Å². The second-order valence-electron chi connectivity index (χ2n) is 6.80. The van der Waals surface area contributed by atoms with Crippen LogP contribution in [0.5, 0.6) is 0 Å². The molecule has 5 nitrogen and oxygen atoms in total. The lowest BCUT2D eigenvalue weighted by Crippen LogP contribution is -2.34. The van der Waals surface area contributed by atoms with Crippen LogP contribution in [0.1, 0.15) is 47.3 Å². The fourth-order valence-corrected chi connectivity index (χ4v) is 4.06. The van der Waals surface area contributed by atoms with Crippen molar-refractivity contribution in [3.05, 3.63) is 41.1 Å². The van der Waals surface area contributed by atoms with E-state index in [1.165, 1.54) is 0 Å². The summed E-state index contributed by atoms with van der Waals surface area (Å²) in [6, 6.07) is 7.71. The number of fused-ring (bicyclic) bond motifs is 2. The second-order valence-corrected chi connectivity index (χ2v) is 6.80. The number of carbonyl (C=O) groups is 2. The van der Waals surface area contributed by atoms with Gasteiger partial charge in [-0.2, -0.15) is 0 Å². The summed E-state index contributed by atoms with van der Waals surface area (Å²) < 4.78 is 0. The summed E-state index contributed by atoms with van der Waals surface area (Å²) in [5.41, 5.74) is 3.71. The van der Waals surface area contributed by atoms with Gasteiger partial charge in [-0.05, 0) is 50.2 Å². The first-order valence-electron chi connectivity index (χ1n) is 8.57. The molecule has 0 aliphatic heterocycles. The van der Waals surface area contributed by atoms with Crippen LogP contribution in [0.3, 0.4) is 0 Å². The first-order chi connectivity index (χ1) is 11.6. The fourth-order valence-electron chi connectivity index (χ4n) is 4.06. The quantitative estimate of drug-likeness (QED) is 0.910. The van der Waals surface area contributed by atoms with Gasteiger partial charge in [0.2, 0.25) is 0 Å². The minimum absolute atomic E-state index is 0.0532. The number of hydrogen-bond acceptors (Lipinski definition) is 3. The highest BCUT2D eigenvalue weighted by Crippen LogP contribution is 2.31. The number of hydrogen-bond donors (Lipinski definition) is 2. The molecule has 1 amide bonds. The second kappa shape index (κ2) is 5.89. The SMILES string of the molecule is O=C(N[C@H]1CC[C@@H](C(=O)O)C1)c1c2c(nc3ccccc13)CCC2. The maximum Gasteiger partial charge on any atom is 0.306 e. The number of rotatable bonds is 3. The van der Waals surface area contributed by atoms with Gasteiger partial charge in [-0.15, -0.1) is 0 Å². The van der Waals surface area contributed by atoms with Gasteiger partial charge in [0.05, 0.1) is 17.0 Å². The first-order valence-corrected chi connectivity index (χ1v) is 8.57. The molecule has 0 unspecified atom stereocenters. The Labute approximate surface area is 140 Å². The maximum absolute atomic E-state index is 13.0. The van der Waals surface area contributed by atoms with E-state index in [4.69, 9.17) is 10.1 Å². The van der Waals surface area contributed by atoms with Crippen molar-refractivity contribution in [2.24, 2.45) is 5.92 Å². The van der Waals surface area contributed by atoms with Crippen molar-refractivity contribution in [3.63, 3.8) is 0 Å².